The molecule has 0 saturated heterocycles. The molecule has 2 rings (SSSR count). The van der Waals surface area contributed by atoms with E-state index in [0.717, 1.165) is 42.2 Å². The molecule has 16 heavy (non-hydrogen) atoms. The molecule has 1 N–H and O–H groups in total. The minimum Gasteiger partial charge on any atom is -0.314 e. The lowest BCUT2D eigenvalue weighted by molar-refractivity contribution is 0.159. The summed E-state index contributed by atoms with van der Waals surface area (Å²) in [5.74, 6) is 4.83. The number of hydrogen-bond donors (Lipinski definition) is 1. The van der Waals surface area contributed by atoms with Gasteiger partial charge in [0.1, 0.15) is 0 Å². The lowest BCUT2D eigenvalue weighted by Crippen LogP contribution is -2.41. The monoisotopic (exact) mass is 223 g/mol. The van der Waals surface area contributed by atoms with E-state index in [1.165, 1.54) is 25.7 Å². The first kappa shape index (κ1) is 12.4. The van der Waals surface area contributed by atoms with E-state index in [4.69, 9.17) is 0 Å². The summed E-state index contributed by atoms with van der Waals surface area (Å²) in [6.45, 7) is 10.7. The van der Waals surface area contributed by atoms with Crippen molar-refractivity contribution in [1.29, 1.82) is 0 Å². The summed E-state index contributed by atoms with van der Waals surface area (Å²) in [5, 5.41) is 3.78. The third-order valence-electron chi connectivity index (χ3n) is 5.22. The van der Waals surface area contributed by atoms with E-state index in [1.54, 1.807) is 0 Å². The van der Waals surface area contributed by atoms with Gasteiger partial charge in [0.25, 0.3) is 0 Å². The van der Waals surface area contributed by atoms with Gasteiger partial charge in [-0.25, -0.2) is 0 Å². The molecule has 0 aromatic heterocycles. The van der Waals surface area contributed by atoms with Gasteiger partial charge in [0, 0.05) is 6.04 Å². The van der Waals surface area contributed by atoms with Crippen LogP contribution in [0.1, 0.15) is 53.4 Å². The fourth-order valence-corrected chi connectivity index (χ4v) is 3.67. The Bertz CT molecular complexity index is 225. The molecular formula is C15H29N. The maximum Gasteiger partial charge on any atom is 0.0126 e. The third-order valence-corrected chi connectivity index (χ3v) is 5.22. The second-order valence-corrected chi connectivity index (χ2v) is 6.49. The van der Waals surface area contributed by atoms with Gasteiger partial charge in [0.2, 0.25) is 0 Å². The number of rotatable bonds is 4. The normalized spacial score (nSPS) is 45.4. The summed E-state index contributed by atoms with van der Waals surface area (Å²) in [6, 6.07) is 0.829. The highest BCUT2D eigenvalue weighted by Crippen LogP contribution is 2.46. The third kappa shape index (κ3) is 2.61. The lowest BCUT2D eigenvalue weighted by Gasteiger charge is -2.37. The van der Waals surface area contributed by atoms with Crippen molar-refractivity contribution in [3.05, 3.63) is 0 Å². The van der Waals surface area contributed by atoms with Gasteiger partial charge >= 0.3 is 0 Å². The Labute approximate surface area is 101 Å². The van der Waals surface area contributed by atoms with Crippen LogP contribution in [0.3, 0.4) is 0 Å². The van der Waals surface area contributed by atoms with Crippen molar-refractivity contribution in [3.8, 4) is 0 Å². The zero-order chi connectivity index (χ0) is 11.7. The van der Waals surface area contributed by atoms with E-state index < -0.39 is 0 Å². The predicted octanol–water partition coefficient (Wildman–Crippen LogP) is 3.69. The van der Waals surface area contributed by atoms with E-state index in [-0.39, 0.29) is 0 Å². The zero-order valence-electron chi connectivity index (χ0n) is 11.5. The highest BCUT2D eigenvalue weighted by Gasteiger charge is 2.43. The Kier molecular flexibility index (Phi) is 3.94. The fraction of sp³-hybridized carbons (Fsp3) is 1.00. The van der Waals surface area contributed by atoms with Crippen LogP contribution < -0.4 is 5.32 Å². The highest BCUT2D eigenvalue weighted by molar-refractivity contribution is 4.97. The lowest BCUT2D eigenvalue weighted by atomic mass is 9.72. The molecule has 2 saturated carbocycles. The average molecular weight is 223 g/mol. The first-order chi connectivity index (χ1) is 7.63. The first-order valence-electron chi connectivity index (χ1n) is 7.36. The molecule has 0 heterocycles. The molecule has 0 aromatic rings. The quantitative estimate of drug-likeness (QED) is 0.766. The van der Waals surface area contributed by atoms with Crippen molar-refractivity contribution in [1.82, 2.24) is 5.32 Å². The molecule has 1 nitrogen and oxygen atoms in total. The molecule has 0 aliphatic heterocycles. The van der Waals surface area contributed by atoms with Crippen molar-refractivity contribution in [2.24, 2.45) is 29.6 Å². The van der Waals surface area contributed by atoms with Crippen LogP contribution in [0.2, 0.25) is 0 Å². The van der Waals surface area contributed by atoms with Crippen LogP contribution in [0.25, 0.3) is 0 Å². The molecule has 0 amide bonds. The maximum atomic E-state index is 3.78. The van der Waals surface area contributed by atoms with Crippen LogP contribution in [0.4, 0.5) is 0 Å². The molecule has 0 aromatic carbocycles. The highest BCUT2D eigenvalue weighted by atomic mass is 14.9. The van der Waals surface area contributed by atoms with Gasteiger partial charge in [-0.2, -0.15) is 0 Å². The van der Waals surface area contributed by atoms with Gasteiger partial charge in [0.15, 0.2) is 0 Å². The Morgan fingerprint density at radius 1 is 1.00 bits per heavy atom. The van der Waals surface area contributed by atoms with Crippen LogP contribution in [0.15, 0.2) is 0 Å². The summed E-state index contributed by atoms with van der Waals surface area (Å²) in [7, 11) is 0. The Morgan fingerprint density at radius 2 is 1.69 bits per heavy atom. The van der Waals surface area contributed by atoms with Gasteiger partial charge in [-0.1, -0.05) is 34.1 Å². The van der Waals surface area contributed by atoms with Crippen molar-refractivity contribution in [2.45, 2.75) is 59.4 Å². The molecule has 94 valence electrons. The maximum absolute atomic E-state index is 3.78. The molecule has 1 heteroatoms. The molecule has 0 bridgehead atoms. The fourth-order valence-electron chi connectivity index (χ4n) is 3.67. The number of nitrogens with one attached hydrogen (secondary N) is 1. The largest absolute Gasteiger partial charge is 0.314 e. The molecular weight excluding hydrogens is 194 g/mol. The van der Waals surface area contributed by atoms with Crippen LogP contribution in [0, 0.1) is 29.6 Å². The average Bonchev–Trinajstić information content (AvgIpc) is 2.96. The SMILES string of the molecule is CCNC(C1CCC(C)C(C)C1)C1CC1C. The van der Waals surface area contributed by atoms with Crippen molar-refractivity contribution < 1.29 is 0 Å². The second kappa shape index (κ2) is 5.08. The summed E-state index contributed by atoms with van der Waals surface area (Å²) >= 11 is 0. The van der Waals surface area contributed by atoms with E-state index in [9.17, 15) is 0 Å². The van der Waals surface area contributed by atoms with Crippen molar-refractivity contribution >= 4 is 0 Å². The second-order valence-electron chi connectivity index (χ2n) is 6.49. The molecule has 0 radical (unpaired) electrons. The van der Waals surface area contributed by atoms with E-state index in [0.29, 0.717) is 0 Å². The van der Waals surface area contributed by atoms with Crippen molar-refractivity contribution in [3.63, 3.8) is 0 Å². The van der Waals surface area contributed by atoms with Crippen LogP contribution in [-0.4, -0.2) is 12.6 Å². The van der Waals surface area contributed by atoms with E-state index in [1.807, 2.05) is 0 Å². The van der Waals surface area contributed by atoms with Gasteiger partial charge in [-0.05, 0) is 55.4 Å². The Morgan fingerprint density at radius 3 is 2.19 bits per heavy atom. The smallest absolute Gasteiger partial charge is 0.0126 e. The van der Waals surface area contributed by atoms with Gasteiger partial charge < -0.3 is 5.32 Å². The van der Waals surface area contributed by atoms with Crippen LogP contribution in [0.5, 0.6) is 0 Å². The summed E-state index contributed by atoms with van der Waals surface area (Å²) in [4.78, 5) is 0. The molecule has 6 atom stereocenters. The van der Waals surface area contributed by atoms with Gasteiger partial charge in [-0.15, -0.1) is 0 Å². The van der Waals surface area contributed by atoms with Gasteiger partial charge in [-0.3, -0.25) is 0 Å². The predicted molar refractivity (Wildman–Crippen MR) is 70.4 cm³/mol. The Hall–Kier alpha value is -0.0400. The molecule has 6 unspecified atom stereocenters. The minimum atomic E-state index is 0.829. The van der Waals surface area contributed by atoms with Crippen LogP contribution in [-0.2, 0) is 0 Å². The van der Waals surface area contributed by atoms with E-state index in [2.05, 4.69) is 33.0 Å². The topological polar surface area (TPSA) is 12.0 Å². The summed E-state index contributed by atoms with van der Waals surface area (Å²) < 4.78 is 0. The van der Waals surface area contributed by atoms with Crippen molar-refractivity contribution in [2.75, 3.05) is 6.54 Å². The minimum absolute atomic E-state index is 0.829. The first-order valence-corrected chi connectivity index (χ1v) is 7.36. The molecule has 0 spiro atoms. The standard InChI is InChI=1S/C15H29N/c1-5-16-15(14-9-12(14)4)13-7-6-10(2)11(3)8-13/h10-16H,5-9H2,1-4H3. The Balaban J connectivity index is 1.92. The zero-order valence-corrected chi connectivity index (χ0v) is 11.5. The molecule has 2 aliphatic carbocycles. The number of hydrogen-bond acceptors (Lipinski definition) is 1. The molecule has 2 aliphatic rings. The van der Waals surface area contributed by atoms with Crippen LogP contribution >= 0.6 is 0 Å². The van der Waals surface area contributed by atoms with Gasteiger partial charge in [0.05, 0.1) is 0 Å². The molecule has 2 fully saturated rings. The summed E-state index contributed by atoms with van der Waals surface area (Å²) in [6.07, 6.45) is 5.85. The van der Waals surface area contributed by atoms with E-state index >= 15 is 0 Å². The summed E-state index contributed by atoms with van der Waals surface area (Å²) in [5.41, 5.74) is 0.